The minimum Gasteiger partial charge on any atom is -0.356 e. The summed E-state index contributed by atoms with van der Waals surface area (Å²) in [6, 6.07) is 6.05. The Kier molecular flexibility index (Phi) is 4.05. The Morgan fingerprint density at radius 3 is 2.89 bits per heavy atom. The molecule has 2 rings (SSSR count). The highest BCUT2D eigenvalue weighted by Crippen LogP contribution is 2.46. The quantitative estimate of drug-likeness (QED) is 0.602. The summed E-state index contributed by atoms with van der Waals surface area (Å²) in [5, 5.41) is 0.667. The van der Waals surface area contributed by atoms with Crippen LogP contribution in [-0.4, -0.2) is 12.9 Å². The molecule has 6 heteroatoms. The van der Waals surface area contributed by atoms with Crippen LogP contribution in [0, 0.1) is 0 Å². The van der Waals surface area contributed by atoms with Crippen molar-refractivity contribution in [3.8, 4) is 0 Å². The van der Waals surface area contributed by atoms with Crippen molar-refractivity contribution in [3.63, 3.8) is 0 Å². The molecule has 1 unspecified atom stereocenters. The molecule has 0 saturated carbocycles. The number of carbonyl (C=O) groups excluding carboxylic acids is 1. The lowest BCUT2D eigenvalue weighted by Crippen LogP contribution is -2.06. The Balaban J connectivity index is 2.36. The van der Waals surface area contributed by atoms with Gasteiger partial charge in [0.05, 0.1) is 13.7 Å². The number of halogens is 2. The summed E-state index contributed by atoms with van der Waals surface area (Å²) in [6.45, 7) is 1.95. The molecule has 0 N–H and O–H groups in total. The van der Waals surface area contributed by atoms with Crippen LogP contribution in [0.2, 0.25) is 0 Å². The molecule has 0 amide bonds. The molecule has 1 heterocycles. The molecule has 0 bridgehead atoms. The molecule has 96 valence electrons. The fraction of sp³-hybridized carbons (Fsp3) is 0.250. The fourth-order valence-electron chi connectivity index (χ4n) is 1.54. The molecule has 1 aromatic carbocycles. The third kappa shape index (κ3) is 2.74. The molecule has 0 aliphatic heterocycles. The molecule has 0 aliphatic carbocycles. The van der Waals surface area contributed by atoms with Crippen LogP contribution in [0.15, 0.2) is 24.3 Å². The fourth-order valence-corrected chi connectivity index (χ4v) is 3.00. The summed E-state index contributed by atoms with van der Waals surface area (Å²) < 4.78 is 33.2. The van der Waals surface area contributed by atoms with E-state index in [-0.39, 0.29) is 12.2 Å². The predicted octanol–water partition coefficient (Wildman–Crippen LogP) is 4.39. The van der Waals surface area contributed by atoms with Gasteiger partial charge >= 0.3 is 5.66 Å². The minimum atomic E-state index is -2.98. The van der Waals surface area contributed by atoms with Gasteiger partial charge in [-0.2, -0.15) is 8.78 Å². The summed E-state index contributed by atoms with van der Waals surface area (Å²) in [4.78, 5) is 11.2. The zero-order valence-electron chi connectivity index (χ0n) is 9.57. The van der Waals surface area contributed by atoms with Crippen LogP contribution in [0.3, 0.4) is 0 Å². The van der Waals surface area contributed by atoms with Crippen LogP contribution in [0.1, 0.15) is 22.2 Å². The van der Waals surface area contributed by atoms with E-state index in [2.05, 4.69) is 0 Å². The van der Waals surface area contributed by atoms with Crippen molar-refractivity contribution in [3.05, 3.63) is 34.7 Å². The van der Waals surface area contributed by atoms with Crippen LogP contribution in [-0.2, 0) is 10.2 Å². The monoisotopic (exact) mass is 288 g/mol. The van der Waals surface area contributed by atoms with Crippen LogP contribution < -0.4 is 0 Å². The van der Waals surface area contributed by atoms with E-state index in [9.17, 15) is 13.6 Å². The molecule has 0 spiro atoms. The number of alkyl halides is 2. The maximum absolute atomic E-state index is 13.8. The van der Waals surface area contributed by atoms with E-state index in [1.165, 1.54) is 23.5 Å². The third-order valence-electron chi connectivity index (χ3n) is 2.36. The lowest BCUT2D eigenvalue weighted by Gasteiger charge is -2.15. The van der Waals surface area contributed by atoms with Gasteiger partial charge in [-0.15, -0.1) is 11.3 Å². The van der Waals surface area contributed by atoms with Gasteiger partial charge in [0.15, 0.2) is 6.29 Å². The summed E-state index contributed by atoms with van der Waals surface area (Å²) in [6.07, 6.45) is 0.727. The van der Waals surface area contributed by atoms with Gasteiger partial charge in [-0.3, -0.25) is 4.79 Å². The van der Waals surface area contributed by atoms with Crippen LogP contribution in [0.5, 0.6) is 0 Å². The largest absolute Gasteiger partial charge is 0.356 e. The summed E-state index contributed by atoms with van der Waals surface area (Å²) >= 11 is 1.29. The molecule has 1 atom stereocenters. The lowest BCUT2D eigenvalue weighted by molar-refractivity contribution is 0.0869. The molecule has 1 aromatic heterocycles. The molecule has 2 nitrogen and oxygen atoms in total. The van der Waals surface area contributed by atoms with Crippen molar-refractivity contribution in [1.29, 1.82) is 0 Å². The van der Waals surface area contributed by atoms with Gasteiger partial charge in [0.25, 0.3) is 0 Å². The van der Waals surface area contributed by atoms with Crippen molar-refractivity contribution in [2.45, 2.75) is 12.6 Å². The molecule has 18 heavy (non-hydrogen) atoms. The summed E-state index contributed by atoms with van der Waals surface area (Å²) in [7, 11) is -0.885. The first-order valence-electron chi connectivity index (χ1n) is 5.33. The molecule has 0 saturated heterocycles. The van der Waals surface area contributed by atoms with Crippen molar-refractivity contribution in [1.82, 2.24) is 0 Å². The van der Waals surface area contributed by atoms with E-state index in [0.717, 1.165) is 11.0 Å². The van der Waals surface area contributed by atoms with Gasteiger partial charge in [-0.1, -0.05) is 6.07 Å². The van der Waals surface area contributed by atoms with E-state index < -0.39 is 14.5 Å². The highest BCUT2D eigenvalue weighted by atomic mass is 32.1. The highest BCUT2D eigenvalue weighted by molar-refractivity contribution is 7.33. The second-order valence-corrected chi connectivity index (χ2v) is 5.86. The molecular formula is C12H11F2O2PS. The topological polar surface area (TPSA) is 26.3 Å². The SMILES string of the molecule is CCOPC(F)(F)c1ccc2sc(C=O)cc2c1. The van der Waals surface area contributed by atoms with Crippen molar-refractivity contribution in [2.75, 3.05) is 6.61 Å². The van der Waals surface area contributed by atoms with Gasteiger partial charge in [0.2, 0.25) is 0 Å². The zero-order valence-corrected chi connectivity index (χ0v) is 11.4. The maximum Gasteiger partial charge on any atom is 0.311 e. The average Bonchev–Trinajstić information content (AvgIpc) is 2.78. The molecule has 0 radical (unpaired) electrons. The Labute approximate surface area is 109 Å². The first-order valence-corrected chi connectivity index (χ1v) is 7.05. The van der Waals surface area contributed by atoms with E-state index in [4.69, 9.17) is 4.52 Å². The Bertz CT molecular complexity index is 568. The predicted molar refractivity (Wildman–Crippen MR) is 71.0 cm³/mol. The van der Waals surface area contributed by atoms with Crippen molar-refractivity contribution >= 4 is 36.5 Å². The first kappa shape index (κ1) is 13.5. The van der Waals surface area contributed by atoms with Crippen LogP contribution in [0.4, 0.5) is 8.78 Å². The Morgan fingerprint density at radius 2 is 2.22 bits per heavy atom. The number of fused-ring (bicyclic) bond motifs is 1. The minimum absolute atomic E-state index is 0.0722. The molecule has 0 fully saturated rings. The highest BCUT2D eigenvalue weighted by Gasteiger charge is 2.32. The third-order valence-corrected chi connectivity index (χ3v) is 4.38. The van der Waals surface area contributed by atoms with E-state index in [1.807, 2.05) is 0 Å². The van der Waals surface area contributed by atoms with Crippen LogP contribution in [0.25, 0.3) is 10.1 Å². The van der Waals surface area contributed by atoms with Crippen molar-refractivity contribution < 1.29 is 18.1 Å². The molecule has 2 aromatic rings. The number of hydrogen-bond donors (Lipinski definition) is 0. The Hall–Kier alpha value is -0.900. The smallest absolute Gasteiger partial charge is 0.311 e. The number of rotatable bonds is 5. The second-order valence-electron chi connectivity index (χ2n) is 3.63. The van der Waals surface area contributed by atoms with Gasteiger partial charge in [-0.25, -0.2) is 0 Å². The number of benzene rings is 1. The number of aldehydes is 1. The normalized spacial score (nSPS) is 12.6. The lowest BCUT2D eigenvalue weighted by atomic mass is 10.1. The Morgan fingerprint density at radius 1 is 1.44 bits per heavy atom. The number of carbonyl (C=O) groups is 1. The van der Waals surface area contributed by atoms with E-state index in [0.29, 0.717) is 10.3 Å². The number of hydrogen-bond acceptors (Lipinski definition) is 3. The first-order chi connectivity index (χ1) is 8.56. The van der Waals surface area contributed by atoms with E-state index in [1.54, 1.807) is 19.1 Å². The number of thiophene rings is 1. The van der Waals surface area contributed by atoms with Gasteiger partial charge in [0, 0.05) is 16.9 Å². The average molecular weight is 288 g/mol. The zero-order chi connectivity index (χ0) is 13.2. The maximum atomic E-state index is 13.8. The summed E-state index contributed by atoms with van der Waals surface area (Å²) in [5.41, 5.74) is -3.05. The van der Waals surface area contributed by atoms with Crippen LogP contribution >= 0.6 is 20.1 Å². The van der Waals surface area contributed by atoms with Crippen molar-refractivity contribution in [2.24, 2.45) is 0 Å². The standard InChI is InChI=1S/C12H11F2O2PS/c1-2-16-17-12(13,14)9-3-4-11-8(5-9)6-10(7-15)18-11/h3-7,17H,2H2,1H3. The van der Waals surface area contributed by atoms with Gasteiger partial charge < -0.3 is 4.52 Å². The summed E-state index contributed by atoms with van der Waals surface area (Å²) in [5.74, 6) is 0. The molecule has 0 aliphatic rings. The van der Waals surface area contributed by atoms with E-state index >= 15 is 0 Å². The molecular weight excluding hydrogens is 277 g/mol. The van der Waals surface area contributed by atoms with Gasteiger partial charge in [-0.05, 0) is 30.5 Å². The second kappa shape index (κ2) is 5.39. The van der Waals surface area contributed by atoms with Gasteiger partial charge in [0.1, 0.15) is 0 Å².